The van der Waals surface area contributed by atoms with Gasteiger partial charge in [-0.05, 0) is 49.9 Å². The Kier molecular flexibility index (Phi) is 3.90. The van der Waals surface area contributed by atoms with Crippen molar-refractivity contribution in [1.29, 1.82) is 0 Å². The third-order valence-electron chi connectivity index (χ3n) is 3.67. The van der Waals surface area contributed by atoms with Crippen molar-refractivity contribution in [3.8, 4) is 0 Å². The van der Waals surface area contributed by atoms with Crippen LogP contribution in [-0.4, -0.2) is 19.1 Å². The number of methoxy groups -OCH3 is 1. The van der Waals surface area contributed by atoms with Crippen LogP contribution in [0.15, 0.2) is 12.1 Å². The van der Waals surface area contributed by atoms with Crippen LogP contribution in [0.1, 0.15) is 47.2 Å². The van der Waals surface area contributed by atoms with Gasteiger partial charge in [0, 0.05) is 11.7 Å². The predicted octanol–water partition coefficient (Wildman–Crippen LogP) is 3.44. The van der Waals surface area contributed by atoms with Crippen LogP contribution in [0.4, 0.5) is 5.69 Å². The second kappa shape index (κ2) is 5.42. The molecule has 3 heteroatoms. The summed E-state index contributed by atoms with van der Waals surface area (Å²) in [5.41, 5.74) is 3.81. The Bertz CT molecular complexity index is 448. The quantitative estimate of drug-likeness (QED) is 0.831. The molecular formula is C15H21NO2. The molecule has 0 spiro atoms. The van der Waals surface area contributed by atoms with Gasteiger partial charge in [0.15, 0.2) is 0 Å². The van der Waals surface area contributed by atoms with E-state index in [2.05, 4.69) is 11.4 Å². The average Bonchev–Trinajstić information content (AvgIpc) is 2.85. The zero-order valence-electron chi connectivity index (χ0n) is 11.4. The van der Waals surface area contributed by atoms with E-state index in [1.54, 1.807) is 0 Å². The summed E-state index contributed by atoms with van der Waals surface area (Å²) in [4.78, 5) is 11.7. The fraction of sp³-hybridized carbons (Fsp3) is 0.533. The van der Waals surface area contributed by atoms with Crippen LogP contribution in [-0.2, 0) is 4.74 Å². The molecule has 0 atom stereocenters. The van der Waals surface area contributed by atoms with E-state index >= 15 is 0 Å². The Morgan fingerprint density at radius 1 is 1.28 bits per heavy atom. The third-order valence-corrected chi connectivity index (χ3v) is 3.67. The van der Waals surface area contributed by atoms with Gasteiger partial charge in [-0.2, -0.15) is 0 Å². The normalized spacial score (nSPS) is 15.7. The molecule has 0 aromatic heterocycles. The molecule has 1 aromatic rings. The van der Waals surface area contributed by atoms with Crippen molar-refractivity contribution in [3.63, 3.8) is 0 Å². The largest absolute Gasteiger partial charge is 0.465 e. The highest BCUT2D eigenvalue weighted by Gasteiger charge is 2.18. The first-order valence-corrected chi connectivity index (χ1v) is 6.58. The lowest BCUT2D eigenvalue weighted by atomic mass is 10.0. The lowest BCUT2D eigenvalue weighted by Crippen LogP contribution is -2.17. The van der Waals surface area contributed by atoms with Crippen LogP contribution in [0.5, 0.6) is 0 Å². The number of nitrogens with one attached hydrogen (secondary N) is 1. The summed E-state index contributed by atoms with van der Waals surface area (Å²) in [6.07, 6.45) is 5.04. The van der Waals surface area contributed by atoms with Crippen molar-refractivity contribution in [1.82, 2.24) is 0 Å². The first-order valence-electron chi connectivity index (χ1n) is 6.58. The van der Waals surface area contributed by atoms with Gasteiger partial charge in [0.2, 0.25) is 0 Å². The molecule has 0 unspecified atom stereocenters. The van der Waals surface area contributed by atoms with Gasteiger partial charge in [-0.25, -0.2) is 4.79 Å². The molecule has 0 bridgehead atoms. The zero-order valence-corrected chi connectivity index (χ0v) is 11.4. The van der Waals surface area contributed by atoms with Crippen LogP contribution in [0, 0.1) is 13.8 Å². The molecule has 0 amide bonds. The number of carbonyl (C=O) groups is 1. The Morgan fingerprint density at radius 2 is 1.94 bits per heavy atom. The number of hydrogen-bond acceptors (Lipinski definition) is 3. The van der Waals surface area contributed by atoms with Gasteiger partial charge in [-0.1, -0.05) is 12.8 Å². The molecule has 98 valence electrons. The summed E-state index contributed by atoms with van der Waals surface area (Å²) in [6, 6.07) is 4.55. The number of anilines is 1. The van der Waals surface area contributed by atoms with Crippen LogP contribution in [0.25, 0.3) is 0 Å². The topological polar surface area (TPSA) is 38.3 Å². The van der Waals surface area contributed by atoms with Crippen LogP contribution >= 0.6 is 0 Å². The number of esters is 1. The van der Waals surface area contributed by atoms with Gasteiger partial charge in [0.1, 0.15) is 0 Å². The van der Waals surface area contributed by atoms with E-state index in [-0.39, 0.29) is 5.97 Å². The number of hydrogen-bond donors (Lipinski definition) is 1. The summed E-state index contributed by atoms with van der Waals surface area (Å²) in [7, 11) is 1.42. The Morgan fingerprint density at radius 3 is 2.56 bits per heavy atom. The lowest BCUT2D eigenvalue weighted by molar-refractivity contribution is 0.0600. The summed E-state index contributed by atoms with van der Waals surface area (Å²) in [5.74, 6) is -0.259. The van der Waals surface area contributed by atoms with Crippen molar-refractivity contribution in [2.24, 2.45) is 0 Å². The van der Waals surface area contributed by atoms with E-state index in [1.807, 2.05) is 19.9 Å². The summed E-state index contributed by atoms with van der Waals surface area (Å²) < 4.78 is 4.83. The summed E-state index contributed by atoms with van der Waals surface area (Å²) >= 11 is 0. The second-order valence-electron chi connectivity index (χ2n) is 5.10. The molecule has 3 nitrogen and oxygen atoms in total. The van der Waals surface area contributed by atoms with E-state index in [0.717, 1.165) is 16.8 Å². The maximum absolute atomic E-state index is 11.7. The standard InChI is InChI=1S/C15H21NO2/c1-10-8-13(15(17)18-3)11(2)14(9-10)16-12-6-4-5-7-12/h8-9,12,16H,4-7H2,1-3H3. The zero-order chi connectivity index (χ0) is 13.1. The third kappa shape index (κ3) is 2.66. The van der Waals surface area contributed by atoms with Crippen molar-refractivity contribution < 1.29 is 9.53 Å². The highest BCUT2D eigenvalue weighted by atomic mass is 16.5. The highest BCUT2D eigenvalue weighted by Crippen LogP contribution is 2.27. The Labute approximate surface area is 109 Å². The first kappa shape index (κ1) is 12.9. The maximum atomic E-state index is 11.7. The van der Waals surface area contributed by atoms with E-state index in [0.29, 0.717) is 11.6 Å². The van der Waals surface area contributed by atoms with E-state index in [9.17, 15) is 4.79 Å². The fourth-order valence-corrected chi connectivity index (χ4v) is 2.62. The van der Waals surface area contributed by atoms with Gasteiger partial charge in [0.05, 0.1) is 12.7 Å². The predicted molar refractivity (Wildman–Crippen MR) is 73.1 cm³/mol. The molecule has 0 saturated heterocycles. The number of rotatable bonds is 3. The number of aryl methyl sites for hydroxylation is 1. The lowest BCUT2D eigenvalue weighted by Gasteiger charge is -2.18. The maximum Gasteiger partial charge on any atom is 0.338 e. The van der Waals surface area contributed by atoms with Crippen molar-refractivity contribution in [2.75, 3.05) is 12.4 Å². The van der Waals surface area contributed by atoms with Crippen molar-refractivity contribution in [3.05, 3.63) is 28.8 Å². The van der Waals surface area contributed by atoms with Crippen LogP contribution in [0.2, 0.25) is 0 Å². The molecule has 0 radical (unpaired) electrons. The molecular weight excluding hydrogens is 226 g/mol. The molecule has 1 saturated carbocycles. The number of ether oxygens (including phenoxy) is 1. The van der Waals surface area contributed by atoms with Gasteiger partial charge < -0.3 is 10.1 Å². The highest BCUT2D eigenvalue weighted by molar-refractivity contribution is 5.93. The van der Waals surface area contributed by atoms with Gasteiger partial charge in [-0.3, -0.25) is 0 Å². The molecule has 0 aliphatic heterocycles. The molecule has 1 fully saturated rings. The molecule has 1 aliphatic rings. The first-order chi connectivity index (χ1) is 8.61. The molecule has 1 N–H and O–H groups in total. The monoisotopic (exact) mass is 247 g/mol. The Hall–Kier alpha value is -1.51. The van der Waals surface area contributed by atoms with E-state index in [1.165, 1.54) is 32.8 Å². The molecule has 1 aliphatic carbocycles. The van der Waals surface area contributed by atoms with E-state index < -0.39 is 0 Å². The Balaban J connectivity index is 2.28. The van der Waals surface area contributed by atoms with Gasteiger partial charge in [0.25, 0.3) is 0 Å². The van der Waals surface area contributed by atoms with Crippen molar-refractivity contribution in [2.45, 2.75) is 45.6 Å². The number of carbonyl (C=O) groups excluding carboxylic acids is 1. The van der Waals surface area contributed by atoms with Gasteiger partial charge >= 0.3 is 5.97 Å². The van der Waals surface area contributed by atoms with Crippen LogP contribution in [0.3, 0.4) is 0 Å². The molecule has 2 rings (SSSR count). The minimum absolute atomic E-state index is 0.259. The molecule has 0 heterocycles. The summed E-state index contributed by atoms with van der Waals surface area (Å²) in [6.45, 7) is 3.98. The average molecular weight is 247 g/mol. The minimum atomic E-state index is -0.259. The van der Waals surface area contributed by atoms with E-state index in [4.69, 9.17) is 4.74 Å². The second-order valence-corrected chi connectivity index (χ2v) is 5.10. The molecule has 18 heavy (non-hydrogen) atoms. The van der Waals surface area contributed by atoms with Crippen molar-refractivity contribution >= 4 is 11.7 Å². The smallest absolute Gasteiger partial charge is 0.338 e. The van der Waals surface area contributed by atoms with Crippen LogP contribution < -0.4 is 5.32 Å². The number of benzene rings is 1. The van der Waals surface area contributed by atoms with Gasteiger partial charge in [-0.15, -0.1) is 0 Å². The fourth-order valence-electron chi connectivity index (χ4n) is 2.62. The summed E-state index contributed by atoms with van der Waals surface area (Å²) in [5, 5.41) is 3.56. The SMILES string of the molecule is COC(=O)c1cc(C)cc(NC2CCCC2)c1C. The molecule has 1 aromatic carbocycles. The minimum Gasteiger partial charge on any atom is -0.465 e.